The minimum absolute atomic E-state index is 0.450. The van der Waals surface area contributed by atoms with Crippen LogP contribution in [0, 0.1) is 6.92 Å². The van der Waals surface area contributed by atoms with E-state index in [2.05, 4.69) is 9.97 Å². The van der Waals surface area contributed by atoms with E-state index in [1.807, 2.05) is 31.2 Å². The summed E-state index contributed by atoms with van der Waals surface area (Å²) in [6, 6.07) is 7.51. The lowest BCUT2D eigenvalue weighted by molar-refractivity contribution is 0.627. The average molecular weight is 300 g/mol. The molecule has 0 atom stereocenters. The summed E-state index contributed by atoms with van der Waals surface area (Å²) in [6.45, 7) is 1.92. The van der Waals surface area contributed by atoms with E-state index in [1.54, 1.807) is 0 Å². The van der Waals surface area contributed by atoms with E-state index in [4.69, 9.17) is 21.8 Å². The van der Waals surface area contributed by atoms with E-state index in [9.17, 15) is 0 Å². The molecule has 0 saturated heterocycles. The maximum atomic E-state index is 6.03. The van der Waals surface area contributed by atoms with Gasteiger partial charge in [-0.3, -0.25) is 0 Å². The van der Waals surface area contributed by atoms with Crippen molar-refractivity contribution in [1.29, 1.82) is 0 Å². The van der Waals surface area contributed by atoms with Gasteiger partial charge in [0.15, 0.2) is 5.76 Å². The van der Waals surface area contributed by atoms with Gasteiger partial charge in [-0.15, -0.1) is 0 Å². The molecule has 21 heavy (non-hydrogen) atoms. The number of rotatable bonds is 2. The molecule has 0 aliphatic heterocycles. The SMILES string of the molecule is Cc1c(N)nc(C2CC2)nc1-c1cc2cc(Cl)ccc2o1. The number of fused-ring (bicyclic) bond motifs is 1. The molecule has 1 aliphatic rings. The van der Waals surface area contributed by atoms with Gasteiger partial charge in [-0.2, -0.15) is 0 Å². The highest BCUT2D eigenvalue weighted by molar-refractivity contribution is 6.31. The normalized spacial score (nSPS) is 14.8. The van der Waals surface area contributed by atoms with Gasteiger partial charge in [0, 0.05) is 21.9 Å². The molecule has 1 saturated carbocycles. The van der Waals surface area contributed by atoms with Crippen LogP contribution in [0.3, 0.4) is 0 Å². The Morgan fingerprint density at radius 2 is 2.05 bits per heavy atom. The molecule has 0 spiro atoms. The Morgan fingerprint density at radius 3 is 2.81 bits per heavy atom. The first-order chi connectivity index (χ1) is 10.1. The average Bonchev–Trinajstić information content (AvgIpc) is 3.22. The molecule has 1 aliphatic carbocycles. The Morgan fingerprint density at radius 1 is 1.24 bits per heavy atom. The number of anilines is 1. The quantitative estimate of drug-likeness (QED) is 0.765. The van der Waals surface area contributed by atoms with Gasteiger partial charge in [0.25, 0.3) is 0 Å². The van der Waals surface area contributed by atoms with Crippen LogP contribution in [-0.2, 0) is 0 Å². The third-order valence-corrected chi connectivity index (χ3v) is 4.09. The van der Waals surface area contributed by atoms with Crippen LogP contribution in [0.5, 0.6) is 0 Å². The minimum Gasteiger partial charge on any atom is -0.454 e. The first-order valence-corrected chi connectivity index (χ1v) is 7.33. The van der Waals surface area contributed by atoms with Gasteiger partial charge in [-0.05, 0) is 44.0 Å². The lowest BCUT2D eigenvalue weighted by Gasteiger charge is -2.07. The largest absolute Gasteiger partial charge is 0.454 e. The number of nitrogens with two attached hydrogens (primary N) is 1. The first kappa shape index (κ1) is 12.7. The maximum Gasteiger partial charge on any atom is 0.154 e. The van der Waals surface area contributed by atoms with Gasteiger partial charge in [-0.25, -0.2) is 9.97 Å². The van der Waals surface area contributed by atoms with Crippen molar-refractivity contribution < 1.29 is 4.42 Å². The molecule has 0 amide bonds. The molecular weight excluding hydrogens is 286 g/mol. The van der Waals surface area contributed by atoms with Crippen LogP contribution in [0.4, 0.5) is 5.82 Å². The molecule has 5 heteroatoms. The zero-order valence-electron chi connectivity index (χ0n) is 11.6. The Bertz CT molecular complexity index is 852. The summed E-state index contributed by atoms with van der Waals surface area (Å²) in [5.41, 5.74) is 8.45. The van der Waals surface area contributed by atoms with Gasteiger partial charge < -0.3 is 10.2 Å². The number of nitrogen functional groups attached to an aromatic ring is 1. The monoisotopic (exact) mass is 299 g/mol. The van der Waals surface area contributed by atoms with Crippen molar-refractivity contribution in [3.8, 4) is 11.5 Å². The summed E-state index contributed by atoms with van der Waals surface area (Å²) in [5, 5.41) is 1.65. The second-order valence-corrected chi connectivity index (χ2v) is 5.94. The number of hydrogen-bond acceptors (Lipinski definition) is 4. The molecule has 0 unspecified atom stereocenters. The van der Waals surface area contributed by atoms with E-state index in [0.717, 1.165) is 40.9 Å². The van der Waals surface area contributed by atoms with Crippen molar-refractivity contribution in [2.24, 2.45) is 0 Å². The van der Waals surface area contributed by atoms with Crippen molar-refractivity contribution in [2.75, 3.05) is 5.73 Å². The first-order valence-electron chi connectivity index (χ1n) is 6.95. The van der Waals surface area contributed by atoms with Crippen LogP contribution >= 0.6 is 11.6 Å². The van der Waals surface area contributed by atoms with Crippen molar-refractivity contribution in [1.82, 2.24) is 9.97 Å². The summed E-state index contributed by atoms with van der Waals surface area (Å²) in [5.74, 6) is 2.51. The summed E-state index contributed by atoms with van der Waals surface area (Å²) in [6.07, 6.45) is 2.27. The van der Waals surface area contributed by atoms with E-state index in [0.29, 0.717) is 22.5 Å². The van der Waals surface area contributed by atoms with Gasteiger partial charge in [0.1, 0.15) is 22.9 Å². The fourth-order valence-corrected chi connectivity index (χ4v) is 2.63. The van der Waals surface area contributed by atoms with Gasteiger partial charge in [0.2, 0.25) is 0 Å². The number of benzene rings is 1. The Kier molecular flexibility index (Phi) is 2.69. The van der Waals surface area contributed by atoms with E-state index in [1.165, 1.54) is 0 Å². The molecule has 1 fully saturated rings. The predicted octanol–water partition coefficient (Wildman–Crippen LogP) is 4.31. The van der Waals surface area contributed by atoms with Crippen molar-refractivity contribution in [3.63, 3.8) is 0 Å². The second-order valence-electron chi connectivity index (χ2n) is 5.51. The van der Waals surface area contributed by atoms with Crippen LogP contribution in [0.15, 0.2) is 28.7 Å². The van der Waals surface area contributed by atoms with Crippen LogP contribution in [0.2, 0.25) is 5.02 Å². The maximum absolute atomic E-state index is 6.03. The van der Waals surface area contributed by atoms with Crippen molar-refractivity contribution in [2.45, 2.75) is 25.7 Å². The smallest absolute Gasteiger partial charge is 0.154 e. The molecule has 3 aromatic rings. The third kappa shape index (κ3) is 2.16. The van der Waals surface area contributed by atoms with Crippen molar-refractivity contribution >= 4 is 28.4 Å². The van der Waals surface area contributed by atoms with E-state index in [-0.39, 0.29) is 0 Å². The highest BCUT2D eigenvalue weighted by Gasteiger charge is 2.28. The standard InChI is InChI=1S/C16H14ClN3O/c1-8-14(19-16(9-2-3-9)20-15(8)18)13-7-10-6-11(17)4-5-12(10)21-13/h4-7,9H,2-3H2,1H3,(H2,18,19,20). The van der Waals surface area contributed by atoms with Gasteiger partial charge in [0.05, 0.1) is 0 Å². The van der Waals surface area contributed by atoms with Gasteiger partial charge in [-0.1, -0.05) is 11.6 Å². The Balaban J connectivity index is 1.90. The number of nitrogens with zero attached hydrogens (tertiary/aromatic N) is 2. The van der Waals surface area contributed by atoms with Crippen LogP contribution in [0.25, 0.3) is 22.4 Å². The number of hydrogen-bond donors (Lipinski definition) is 1. The molecule has 2 N–H and O–H groups in total. The summed E-state index contributed by atoms with van der Waals surface area (Å²) in [7, 11) is 0. The molecule has 2 aromatic heterocycles. The van der Waals surface area contributed by atoms with Crippen molar-refractivity contribution in [3.05, 3.63) is 40.7 Å². The lowest BCUT2D eigenvalue weighted by Crippen LogP contribution is -2.03. The molecule has 1 aromatic carbocycles. The molecule has 106 valence electrons. The van der Waals surface area contributed by atoms with Gasteiger partial charge >= 0.3 is 0 Å². The van der Waals surface area contributed by atoms with Crippen LogP contribution < -0.4 is 5.73 Å². The Labute approximate surface area is 127 Å². The summed E-state index contributed by atoms with van der Waals surface area (Å²) < 4.78 is 5.90. The highest BCUT2D eigenvalue weighted by Crippen LogP contribution is 2.40. The Hall–Kier alpha value is -2.07. The highest BCUT2D eigenvalue weighted by atomic mass is 35.5. The van der Waals surface area contributed by atoms with E-state index >= 15 is 0 Å². The molecular formula is C16H14ClN3O. The van der Waals surface area contributed by atoms with Crippen LogP contribution in [-0.4, -0.2) is 9.97 Å². The molecule has 0 radical (unpaired) electrons. The fourth-order valence-electron chi connectivity index (χ4n) is 2.45. The number of halogens is 1. The number of furan rings is 1. The summed E-state index contributed by atoms with van der Waals surface area (Å²) >= 11 is 6.02. The summed E-state index contributed by atoms with van der Waals surface area (Å²) in [4.78, 5) is 9.06. The molecule has 0 bridgehead atoms. The topological polar surface area (TPSA) is 64.9 Å². The minimum atomic E-state index is 0.450. The zero-order valence-corrected chi connectivity index (χ0v) is 12.3. The van der Waals surface area contributed by atoms with E-state index < -0.39 is 0 Å². The predicted molar refractivity (Wildman–Crippen MR) is 83.4 cm³/mol. The second kappa shape index (κ2) is 4.46. The third-order valence-electron chi connectivity index (χ3n) is 3.86. The van der Waals surface area contributed by atoms with Crippen LogP contribution in [0.1, 0.15) is 30.1 Å². The molecule has 2 heterocycles. The molecule has 4 rings (SSSR count). The molecule has 4 nitrogen and oxygen atoms in total. The fraction of sp³-hybridized carbons (Fsp3) is 0.250. The number of aromatic nitrogens is 2. The lowest BCUT2D eigenvalue weighted by atomic mass is 10.1. The zero-order chi connectivity index (χ0) is 14.6.